The van der Waals surface area contributed by atoms with E-state index in [1.54, 1.807) is 19.2 Å². The molecule has 24 heavy (non-hydrogen) atoms. The number of nitrogens with one attached hydrogen (secondary N) is 1. The first-order valence-corrected chi connectivity index (χ1v) is 8.58. The Morgan fingerprint density at radius 3 is 2.42 bits per heavy atom. The lowest BCUT2D eigenvalue weighted by Gasteiger charge is -2.41. The van der Waals surface area contributed by atoms with E-state index in [-0.39, 0.29) is 36.7 Å². The Labute approximate surface area is 157 Å². The highest BCUT2D eigenvalue weighted by Gasteiger charge is 2.33. The molecule has 1 atom stereocenters. The van der Waals surface area contributed by atoms with Crippen LogP contribution in [0.1, 0.15) is 43.7 Å². The quantitative estimate of drug-likeness (QED) is 0.849. The van der Waals surface area contributed by atoms with Gasteiger partial charge in [0.2, 0.25) is 0 Å². The molecule has 3 nitrogen and oxygen atoms in total. The zero-order valence-corrected chi connectivity index (χ0v) is 15.9. The summed E-state index contributed by atoms with van der Waals surface area (Å²) >= 11 is 0. The number of methoxy groups -OCH3 is 1. The van der Waals surface area contributed by atoms with E-state index in [1.165, 1.54) is 38.2 Å². The normalized spacial score (nSPS) is 20.6. The highest BCUT2D eigenvalue weighted by Crippen LogP contribution is 2.41. The third-order valence-corrected chi connectivity index (χ3v) is 5.15. The smallest absolute Gasteiger partial charge is 0.123 e. The van der Waals surface area contributed by atoms with Gasteiger partial charge in [-0.05, 0) is 37.0 Å². The number of halogens is 3. The average Bonchev–Trinajstić information content (AvgIpc) is 2.57. The molecule has 1 N–H and O–H groups in total. The molecular weight excluding hydrogens is 350 g/mol. The number of hydrogen-bond donors (Lipinski definition) is 1. The van der Waals surface area contributed by atoms with Crippen LogP contribution >= 0.6 is 24.8 Å². The summed E-state index contributed by atoms with van der Waals surface area (Å²) < 4.78 is 19.4. The van der Waals surface area contributed by atoms with Crippen molar-refractivity contribution in [1.29, 1.82) is 0 Å². The third-order valence-electron chi connectivity index (χ3n) is 5.15. The molecule has 0 amide bonds. The van der Waals surface area contributed by atoms with Crippen molar-refractivity contribution in [3.05, 3.63) is 29.6 Å². The minimum atomic E-state index is -0.160. The molecule has 0 aromatic heterocycles. The Morgan fingerprint density at radius 1 is 1.12 bits per heavy atom. The zero-order chi connectivity index (χ0) is 15.4. The maximum Gasteiger partial charge on any atom is 0.123 e. The van der Waals surface area contributed by atoms with Crippen molar-refractivity contribution >= 4 is 24.8 Å². The molecule has 6 heteroatoms. The molecule has 0 spiro atoms. The van der Waals surface area contributed by atoms with Crippen LogP contribution in [0.4, 0.5) is 4.39 Å². The molecule has 1 aromatic rings. The predicted molar refractivity (Wildman–Crippen MR) is 101 cm³/mol. The van der Waals surface area contributed by atoms with Crippen LogP contribution in [0, 0.1) is 11.7 Å². The van der Waals surface area contributed by atoms with Gasteiger partial charge in [0.25, 0.3) is 0 Å². The van der Waals surface area contributed by atoms with Gasteiger partial charge in [-0.3, -0.25) is 4.90 Å². The molecule has 1 saturated heterocycles. The van der Waals surface area contributed by atoms with Crippen LogP contribution in [-0.2, 0) is 0 Å². The molecule has 138 valence electrons. The maximum atomic E-state index is 13.9. The third kappa shape index (κ3) is 4.98. The lowest BCUT2D eigenvalue weighted by molar-refractivity contribution is 0.101. The fourth-order valence-electron chi connectivity index (χ4n) is 4.10. The highest BCUT2D eigenvalue weighted by molar-refractivity contribution is 5.85. The summed E-state index contributed by atoms with van der Waals surface area (Å²) in [5, 5.41) is 3.42. The lowest BCUT2D eigenvalue weighted by Crippen LogP contribution is -2.47. The molecule has 3 rings (SSSR count). The van der Waals surface area contributed by atoms with Gasteiger partial charge < -0.3 is 10.1 Å². The van der Waals surface area contributed by atoms with Gasteiger partial charge >= 0.3 is 0 Å². The molecular formula is C18H29Cl2FN2O. The summed E-state index contributed by atoms with van der Waals surface area (Å²) in [6.07, 6.45) is 6.42. The Morgan fingerprint density at radius 2 is 1.79 bits per heavy atom. The van der Waals surface area contributed by atoms with E-state index in [1.807, 2.05) is 0 Å². The van der Waals surface area contributed by atoms with Crippen LogP contribution in [-0.4, -0.2) is 38.2 Å². The fourth-order valence-corrected chi connectivity index (χ4v) is 4.10. The SMILES string of the molecule is COc1ccc(F)cc1[C@@H](C1CCCCC1)N1CCNCC1.Cl.Cl. The van der Waals surface area contributed by atoms with E-state index in [0.717, 1.165) is 37.5 Å². The van der Waals surface area contributed by atoms with Gasteiger partial charge in [0.05, 0.1) is 7.11 Å². The first-order valence-electron chi connectivity index (χ1n) is 8.58. The van der Waals surface area contributed by atoms with Gasteiger partial charge in [-0.2, -0.15) is 0 Å². The van der Waals surface area contributed by atoms with Crippen LogP contribution in [0.5, 0.6) is 5.75 Å². The van der Waals surface area contributed by atoms with Gasteiger partial charge in [-0.25, -0.2) is 4.39 Å². The Hall–Kier alpha value is -0.550. The highest BCUT2D eigenvalue weighted by atomic mass is 35.5. The second-order valence-corrected chi connectivity index (χ2v) is 6.52. The molecule has 1 aromatic carbocycles. The van der Waals surface area contributed by atoms with Gasteiger partial charge in [0.1, 0.15) is 11.6 Å². The van der Waals surface area contributed by atoms with Crippen molar-refractivity contribution in [2.45, 2.75) is 38.1 Å². The van der Waals surface area contributed by atoms with E-state index >= 15 is 0 Å². The van der Waals surface area contributed by atoms with Gasteiger partial charge in [0, 0.05) is 37.8 Å². The maximum absolute atomic E-state index is 13.9. The van der Waals surface area contributed by atoms with Crippen LogP contribution in [0.25, 0.3) is 0 Å². The topological polar surface area (TPSA) is 24.5 Å². The summed E-state index contributed by atoms with van der Waals surface area (Å²) in [5.41, 5.74) is 1.04. The number of nitrogens with zero attached hydrogens (tertiary/aromatic N) is 1. The van der Waals surface area contributed by atoms with Crippen LogP contribution in [0.15, 0.2) is 18.2 Å². The number of rotatable bonds is 4. The Balaban J connectivity index is 0.00000144. The molecule has 1 heterocycles. The predicted octanol–water partition coefficient (Wildman–Crippen LogP) is 4.20. The van der Waals surface area contributed by atoms with Crippen molar-refractivity contribution in [3.63, 3.8) is 0 Å². The molecule has 1 aliphatic heterocycles. The van der Waals surface area contributed by atoms with E-state index in [9.17, 15) is 4.39 Å². The zero-order valence-electron chi connectivity index (χ0n) is 14.3. The first-order chi connectivity index (χ1) is 10.8. The number of ether oxygens (including phenoxy) is 1. The standard InChI is InChI=1S/C18H27FN2O.2ClH/c1-22-17-8-7-15(19)13-16(17)18(14-5-3-2-4-6-14)21-11-9-20-10-12-21;;/h7-8,13-14,18,20H,2-6,9-12H2,1H3;2*1H/t18-;;/m1../s1. The average molecular weight is 379 g/mol. The van der Waals surface area contributed by atoms with Gasteiger partial charge in [0.15, 0.2) is 0 Å². The van der Waals surface area contributed by atoms with Crippen molar-refractivity contribution < 1.29 is 9.13 Å². The van der Waals surface area contributed by atoms with Crippen molar-refractivity contribution in [1.82, 2.24) is 10.2 Å². The van der Waals surface area contributed by atoms with Crippen molar-refractivity contribution in [2.75, 3.05) is 33.3 Å². The first kappa shape index (κ1) is 21.5. The molecule has 0 unspecified atom stereocenters. The van der Waals surface area contributed by atoms with Gasteiger partial charge in [-0.1, -0.05) is 19.3 Å². The number of piperazine rings is 1. The van der Waals surface area contributed by atoms with E-state index in [2.05, 4.69) is 10.2 Å². The lowest BCUT2D eigenvalue weighted by atomic mass is 9.80. The molecule has 0 radical (unpaired) electrons. The second-order valence-electron chi connectivity index (χ2n) is 6.52. The minimum Gasteiger partial charge on any atom is -0.496 e. The summed E-state index contributed by atoms with van der Waals surface area (Å²) in [6.45, 7) is 4.09. The molecule has 0 bridgehead atoms. The molecule has 2 fully saturated rings. The monoisotopic (exact) mass is 378 g/mol. The minimum absolute atomic E-state index is 0. The summed E-state index contributed by atoms with van der Waals surface area (Å²) in [5.74, 6) is 1.28. The Kier molecular flexibility index (Phi) is 9.35. The van der Waals surface area contributed by atoms with Crippen molar-refractivity contribution in [2.24, 2.45) is 5.92 Å². The molecule has 1 aliphatic carbocycles. The Bertz CT molecular complexity index is 474. The van der Waals surface area contributed by atoms with Crippen LogP contribution < -0.4 is 10.1 Å². The second kappa shape index (κ2) is 10.4. The fraction of sp³-hybridized carbons (Fsp3) is 0.667. The van der Waals surface area contributed by atoms with Crippen molar-refractivity contribution in [3.8, 4) is 5.75 Å². The van der Waals surface area contributed by atoms with Gasteiger partial charge in [-0.15, -0.1) is 24.8 Å². The number of benzene rings is 1. The molecule has 1 saturated carbocycles. The van der Waals surface area contributed by atoms with Crippen LogP contribution in [0.2, 0.25) is 0 Å². The van der Waals surface area contributed by atoms with E-state index in [0.29, 0.717) is 5.92 Å². The number of hydrogen-bond acceptors (Lipinski definition) is 3. The molecule has 2 aliphatic rings. The summed E-state index contributed by atoms with van der Waals surface area (Å²) in [4.78, 5) is 2.53. The van der Waals surface area contributed by atoms with E-state index < -0.39 is 0 Å². The largest absolute Gasteiger partial charge is 0.496 e. The van der Waals surface area contributed by atoms with E-state index in [4.69, 9.17) is 4.74 Å². The summed E-state index contributed by atoms with van der Waals surface area (Å²) in [7, 11) is 1.69. The van der Waals surface area contributed by atoms with Crippen LogP contribution in [0.3, 0.4) is 0 Å². The summed E-state index contributed by atoms with van der Waals surface area (Å²) in [6, 6.07) is 5.26.